The van der Waals surface area contributed by atoms with E-state index in [4.69, 9.17) is 0 Å². The van der Waals surface area contributed by atoms with Crippen LogP contribution < -0.4 is 0 Å². The van der Waals surface area contributed by atoms with E-state index in [1.54, 1.807) is 11.0 Å². The summed E-state index contributed by atoms with van der Waals surface area (Å²) in [7, 11) is -3.20. The number of carbonyl (C=O) groups is 1. The van der Waals surface area contributed by atoms with Crippen LogP contribution >= 0.6 is 0 Å². The van der Waals surface area contributed by atoms with Gasteiger partial charge in [-0.15, -0.1) is 0 Å². The molecule has 1 aromatic heterocycles. The third-order valence-electron chi connectivity index (χ3n) is 4.31. The summed E-state index contributed by atoms with van der Waals surface area (Å²) in [6.07, 6.45) is 6.04. The van der Waals surface area contributed by atoms with Crippen molar-refractivity contribution in [1.82, 2.24) is 19.4 Å². The number of rotatable bonds is 2. The van der Waals surface area contributed by atoms with Gasteiger partial charge in [-0.3, -0.25) is 4.79 Å². The maximum atomic E-state index is 12.6. The fraction of sp³-hybridized carbons (Fsp3) is 0.615. The van der Waals surface area contributed by atoms with Gasteiger partial charge in [-0.2, -0.15) is 14.5 Å². The average molecular weight is 310 g/mol. The van der Waals surface area contributed by atoms with Crippen LogP contribution in [0.5, 0.6) is 0 Å². The number of piperidine rings is 1. The van der Waals surface area contributed by atoms with Crippen LogP contribution in [0.25, 0.3) is 0 Å². The number of amides is 1. The van der Waals surface area contributed by atoms with Crippen molar-refractivity contribution in [2.24, 2.45) is 5.92 Å². The van der Waals surface area contributed by atoms with Crippen LogP contribution in [0.2, 0.25) is 0 Å². The molecule has 2 aliphatic rings. The zero-order chi connectivity index (χ0) is 15.0. The van der Waals surface area contributed by atoms with Crippen LogP contribution in [0, 0.1) is 5.92 Å². The van der Waals surface area contributed by atoms with Crippen LogP contribution in [-0.4, -0.2) is 65.7 Å². The summed E-state index contributed by atoms with van der Waals surface area (Å²) in [6.45, 7) is 1.58. The van der Waals surface area contributed by atoms with Crippen LogP contribution in [0.3, 0.4) is 0 Å². The predicted octanol–water partition coefficient (Wildman–Crippen LogP) is -0.0274. The largest absolute Gasteiger partial charge is 0.334 e. The Labute approximate surface area is 124 Å². The van der Waals surface area contributed by atoms with Gasteiger partial charge in [0.15, 0.2) is 0 Å². The van der Waals surface area contributed by atoms with Gasteiger partial charge in [0.05, 0.1) is 24.2 Å². The first-order valence-corrected chi connectivity index (χ1v) is 8.84. The predicted molar refractivity (Wildman–Crippen MR) is 76.0 cm³/mol. The van der Waals surface area contributed by atoms with Gasteiger partial charge in [-0.25, -0.2) is 8.42 Å². The Morgan fingerprint density at radius 1 is 1.33 bits per heavy atom. The molecule has 7 nitrogen and oxygen atoms in total. The first-order chi connectivity index (χ1) is 9.97. The molecule has 0 aromatic carbocycles. The highest BCUT2D eigenvalue weighted by Crippen LogP contribution is 2.32. The normalized spacial score (nSPS) is 26.6. The molecule has 2 fully saturated rings. The molecule has 1 amide bonds. The lowest BCUT2D eigenvalue weighted by Gasteiger charge is -2.36. The molecule has 2 aliphatic heterocycles. The molecule has 0 spiro atoms. The molecule has 0 aliphatic carbocycles. The van der Waals surface area contributed by atoms with E-state index in [9.17, 15) is 13.2 Å². The molecule has 0 unspecified atom stereocenters. The Hall–Kier alpha value is -1.54. The van der Waals surface area contributed by atoms with E-state index >= 15 is 0 Å². The van der Waals surface area contributed by atoms with Gasteiger partial charge >= 0.3 is 0 Å². The van der Waals surface area contributed by atoms with Crippen molar-refractivity contribution >= 4 is 15.9 Å². The molecule has 0 bridgehead atoms. The maximum absolute atomic E-state index is 12.6. The van der Waals surface area contributed by atoms with Crippen molar-refractivity contribution < 1.29 is 13.2 Å². The maximum Gasteiger partial charge on any atom is 0.255 e. The average Bonchev–Trinajstić information content (AvgIpc) is 2.91. The zero-order valence-electron chi connectivity index (χ0n) is 11.8. The van der Waals surface area contributed by atoms with Crippen molar-refractivity contribution in [1.29, 1.82) is 0 Å². The zero-order valence-corrected chi connectivity index (χ0v) is 12.7. The lowest BCUT2D eigenvalue weighted by molar-refractivity contribution is 0.0572. The molecule has 0 N–H and O–H groups in total. The number of sulfonamides is 1. The van der Waals surface area contributed by atoms with Crippen molar-refractivity contribution in [3.63, 3.8) is 0 Å². The highest BCUT2D eigenvalue weighted by atomic mass is 32.2. The minimum atomic E-state index is -3.20. The van der Waals surface area contributed by atoms with Gasteiger partial charge in [0, 0.05) is 25.7 Å². The number of hydrogen-bond donors (Lipinski definition) is 0. The van der Waals surface area contributed by atoms with Gasteiger partial charge in [0.1, 0.15) is 0 Å². The number of fused-ring (bicyclic) bond motifs is 1. The molecule has 0 radical (unpaired) electrons. The first-order valence-electron chi connectivity index (χ1n) is 6.99. The Kier molecular flexibility index (Phi) is 3.66. The molecular formula is C13H18N4O3S. The highest BCUT2D eigenvalue weighted by molar-refractivity contribution is 7.88. The van der Waals surface area contributed by atoms with Gasteiger partial charge in [-0.05, 0) is 24.8 Å². The summed E-state index contributed by atoms with van der Waals surface area (Å²) in [5, 5.41) is 7.41. The third kappa shape index (κ3) is 2.77. The molecular weight excluding hydrogens is 292 g/mol. The Bertz CT molecular complexity index is 634. The molecule has 114 valence electrons. The number of carbonyl (C=O) groups excluding carboxylic acids is 1. The number of likely N-dealkylation sites (tertiary alicyclic amines) is 1. The minimum Gasteiger partial charge on any atom is -0.334 e. The summed E-state index contributed by atoms with van der Waals surface area (Å²) in [4.78, 5) is 14.4. The number of hydrogen-bond acceptors (Lipinski definition) is 5. The topological polar surface area (TPSA) is 83.5 Å². The summed E-state index contributed by atoms with van der Waals surface area (Å²) >= 11 is 0. The Morgan fingerprint density at radius 3 is 2.81 bits per heavy atom. The van der Waals surface area contributed by atoms with E-state index in [2.05, 4.69) is 10.2 Å². The Morgan fingerprint density at radius 2 is 2.14 bits per heavy atom. The van der Waals surface area contributed by atoms with E-state index in [0.29, 0.717) is 25.2 Å². The molecule has 2 saturated heterocycles. The second-order valence-corrected chi connectivity index (χ2v) is 7.66. The van der Waals surface area contributed by atoms with Gasteiger partial charge in [0.25, 0.3) is 5.91 Å². The smallest absolute Gasteiger partial charge is 0.255 e. The molecule has 8 heteroatoms. The third-order valence-corrected chi connectivity index (χ3v) is 5.54. The van der Waals surface area contributed by atoms with Crippen LogP contribution in [0.1, 0.15) is 23.2 Å². The molecule has 1 aromatic rings. The van der Waals surface area contributed by atoms with Crippen molar-refractivity contribution in [3.8, 4) is 0 Å². The highest BCUT2D eigenvalue weighted by Gasteiger charge is 2.43. The van der Waals surface area contributed by atoms with E-state index in [1.165, 1.54) is 23.0 Å². The van der Waals surface area contributed by atoms with Gasteiger partial charge in [-0.1, -0.05) is 0 Å². The molecule has 0 saturated carbocycles. The van der Waals surface area contributed by atoms with Crippen LogP contribution in [-0.2, 0) is 10.0 Å². The lowest BCUT2D eigenvalue weighted by atomic mass is 9.91. The SMILES string of the molecule is CS(=O)(=O)N1C[C@H]2CCCN(C(=O)c3ccnnc3)[C@H]2C1. The first kappa shape index (κ1) is 14.4. The van der Waals surface area contributed by atoms with Gasteiger partial charge in [0.2, 0.25) is 10.0 Å². The summed E-state index contributed by atoms with van der Waals surface area (Å²) < 4.78 is 24.9. The van der Waals surface area contributed by atoms with Crippen molar-refractivity contribution in [2.75, 3.05) is 25.9 Å². The fourth-order valence-electron chi connectivity index (χ4n) is 3.25. The van der Waals surface area contributed by atoms with E-state index in [1.807, 2.05) is 0 Å². The Balaban J connectivity index is 1.82. The van der Waals surface area contributed by atoms with Crippen molar-refractivity contribution in [2.45, 2.75) is 18.9 Å². The molecule has 3 heterocycles. The molecule has 2 atom stereocenters. The molecule has 21 heavy (non-hydrogen) atoms. The van der Waals surface area contributed by atoms with Gasteiger partial charge < -0.3 is 4.90 Å². The second kappa shape index (κ2) is 5.34. The fourth-order valence-corrected chi connectivity index (χ4v) is 4.13. The minimum absolute atomic E-state index is 0.0332. The number of nitrogens with zero attached hydrogens (tertiary/aromatic N) is 4. The standard InChI is InChI=1S/C13H18N4O3S/c1-21(19,20)16-8-11-3-2-6-17(12(11)9-16)13(18)10-4-5-14-15-7-10/h4-5,7,11-12H,2-3,6,8-9H2,1H3/t11-,12+/m1/s1. The van der Waals surface area contributed by atoms with Crippen molar-refractivity contribution in [3.05, 3.63) is 24.0 Å². The van der Waals surface area contributed by atoms with Crippen LogP contribution in [0.4, 0.5) is 0 Å². The summed E-state index contributed by atoms with van der Waals surface area (Å²) in [5.41, 5.74) is 0.503. The van der Waals surface area contributed by atoms with E-state index in [0.717, 1.165) is 12.8 Å². The van der Waals surface area contributed by atoms with E-state index in [-0.39, 0.29) is 17.9 Å². The quantitative estimate of drug-likeness (QED) is 0.766. The van der Waals surface area contributed by atoms with E-state index < -0.39 is 10.0 Å². The monoisotopic (exact) mass is 310 g/mol. The second-order valence-electron chi connectivity index (χ2n) is 5.68. The summed E-state index contributed by atoms with van der Waals surface area (Å²) in [6, 6.07) is 1.61. The summed E-state index contributed by atoms with van der Waals surface area (Å²) in [5.74, 6) is 0.141. The lowest BCUT2D eigenvalue weighted by Crippen LogP contribution is -2.48. The van der Waals surface area contributed by atoms with Crippen LogP contribution in [0.15, 0.2) is 18.5 Å². The number of aromatic nitrogens is 2. The molecule has 3 rings (SSSR count).